The number of sulfonamides is 1. The van der Waals surface area contributed by atoms with Crippen LogP contribution >= 0.6 is 0 Å². The lowest BCUT2D eigenvalue weighted by Gasteiger charge is -2.17. The predicted molar refractivity (Wildman–Crippen MR) is 89.0 cm³/mol. The van der Waals surface area contributed by atoms with Crippen LogP contribution < -0.4 is 9.62 Å². The zero-order valence-corrected chi connectivity index (χ0v) is 14.0. The topological polar surface area (TPSA) is 117 Å². The van der Waals surface area contributed by atoms with Crippen molar-refractivity contribution in [3.63, 3.8) is 0 Å². The maximum atomic E-state index is 12.0. The lowest BCUT2D eigenvalue weighted by Crippen LogP contribution is -2.26. The third kappa shape index (κ3) is 3.66. The minimum absolute atomic E-state index is 0.101. The van der Waals surface area contributed by atoms with Crippen molar-refractivity contribution in [1.29, 1.82) is 0 Å². The Bertz CT molecular complexity index is 918. The normalized spacial score (nSPS) is 15.9. The Kier molecular flexibility index (Phi) is 4.49. The number of aromatic carboxylic acids is 1. The molecule has 9 heteroatoms. The molecule has 25 heavy (non-hydrogen) atoms. The van der Waals surface area contributed by atoms with Crippen LogP contribution in [0.3, 0.4) is 0 Å². The third-order valence-corrected chi connectivity index (χ3v) is 5.66. The Morgan fingerprint density at radius 3 is 2.60 bits per heavy atom. The minimum atomic E-state index is -3.26. The molecular weight excluding hydrogens is 348 g/mol. The highest BCUT2D eigenvalue weighted by Crippen LogP contribution is 2.24. The van der Waals surface area contributed by atoms with Gasteiger partial charge in [0.05, 0.1) is 11.4 Å². The van der Waals surface area contributed by atoms with E-state index in [0.29, 0.717) is 18.7 Å². The summed E-state index contributed by atoms with van der Waals surface area (Å²) in [6.07, 6.45) is 0.591. The number of carbonyl (C=O) groups excluding carboxylic acids is 1. The highest BCUT2D eigenvalue weighted by Gasteiger charge is 2.28. The number of carbonyl (C=O) groups is 2. The van der Waals surface area contributed by atoms with Crippen LogP contribution in [-0.2, 0) is 16.6 Å². The fourth-order valence-corrected chi connectivity index (χ4v) is 4.15. The van der Waals surface area contributed by atoms with Gasteiger partial charge in [-0.05, 0) is 36.2 Å². The van der Waals surface area contributed by atoms with Gasteiger partial charge in [0.2, 0.25) is 15.8 Å². The monoisotopic (exact) mass is 364 g/mol. The first kappa shape index (κ1) is 17.0. The van der Waals surface area contributed by atoms with Crippen molar-refractivity contribution in [3.8, 4) is 0 Å². The average Bonchev–Trinajstić information content (AvgIpc) is 3.19. The molecule has 0 spiro atoms. The molecule has 1 saturated heterocycles. The van der Waals surface area contributed by atoms with Gasteiger partial charge in [0.15, 0.2) is 5.76 Å². The van der Waals surface area contributed by atoms with E-state index in [1.165, 1.54) is 16.4 Å². The van der Waals surface area contributed by atoms with Crippen molar-refractivity contribution in [1.82, 2.24) is 5.32 Å². The van der Waals surface area contributed by atoms with Crippen LogP contribution in [0.5, 0.6) is 0 Å². The second-order valence-corrected chi connectivity index (χ2v) is 7.58. The fraction of sp³-hybridized carbons (Fsp3) is 0.250. The molecule has 1 aromatic heterocycles. The molecule has 0 atom stereocenters. The maximum Gasteiger partial charge on any atom is 0.371 e. The summed E-state index contributed by atoms with van der Waals surface area (Å²) in [6, 6.07) is 9.38. The van der Waals surface area contributed by atoms with Crippen molar-refractivity contribution >= 4 is 27.6 Å². The molecule has 2 N–H and O–H groups in total. The van der Waals surface area contributed by atoms with Crippen LogP contribution in [0.25, 0.3) is 0 Å². The first-order chi connectivity index (χ1) is 11.9. The van der Waals surface area contributed by atoms with E-state index >= 15 is 0 Å². The highest BCUT2D eigenvalue weighted by atomic mass is 32.2. The van der Waals surface area contributed by atoms with Crippen molar-refractivity contribution in [2.45, 2.75) is 13.0 Å². The van der Waals surface area contributed by atoms with Crippen LogP contribution in [0.4, 0.5) is 5.69 Å². The second-order valence-electron chi connectivity index (χ2n) is 5.56. The molecule has 1 aliphatic heterocycles. The van der Waals surface area contributed by atoms with Crippen molar-refractivity contribution < 1.29 is 27.5 Å². The summed E-state index contributed by atoms with van der Waals surface area (Å²) in [5.74, 6) is -2.08. The van der Waals surface area contributed by atoms with Gasteiger partial charge in [0, 0.05) is 13.1 Å². The van der Waals surface area contributed by atoms with E-state index in [1.54, 1.807) is 24.3 Å². The van der Waals surface area contributed by atoms with Gasteiger partial charge < -0.3 is 14.8 Å². The van der Waals surface area contributed by atoms with Gasteiger partial charge >= 0.3 is 5.97 Å². The molecule has 8 nitrogen and oxygen atoms in total. The van der Waals surface area contributed by atoms with E-state index in [9.17, 15) is 18.0 Å². The maximum absolute atomic E-state index is 12.0. The van der Waals surface area contributed by atoms with Crippen LogP contribution in [0.15, 0.2) is 40.8 Å². The quantitative estimate of drug-likeness (QED) is 0.829. The van der Waals surface area contributed by atoms with E-state index < -0.39 is 21.9 Å². The molecule has 1 fully saturated rings. The summed E-state index contributed by atoms with van der Waals surface area (Å²) in [7, 11) is -3.26. The number of anilines is 1. The second kappa shape index (κ2) is 6.60. The van der Waals surface area contributed by atoms with Crippen molar-refractivity contribution in [2.24, 2.45) is 0 Å². The van der Waals surface area contributed by atoms with Gasteiger partial charge in [-0.1, -0.05) is 12.1 Å². The fourth-order valence-electron chi connectivity index (χ4n) is 2.60. The molecule has 0 radical (unpaired) electrons. The smallest absolute Gasteiger partial charge is 0.371 e. The number of hydrogen-bond acceptors (Lipinski definition) is 5. The molecule has 3 rings (SSSR count). The van der Waals surface area contributed by atoms with Gasteiger partial charge in [0.1, 0.15) is 0 Å². The summed E-state index contributed by atoms with van der Waals surface area (Å²) in [5.41, 5.74) is 1.29. The molecule has 0 unspecified atom stereocenters. The zero-order chi connectivity index (χ0) is 18.0. The lowest BCUT2D eigenvalue weighted by molar-refractivity contribution is 0.0659. The number of benzene rings is 1. The Hall–Kier alpha value is -2.81. The summed E-state index contributed by atoms with van der Waals surface area (Å²) >= 11 is 0. The molecule has 2 heterocycles. The number of rotatable bonds is 5. The van der Waals surface area contributed by atoms with Gasteiger partial charge in [-0.25, -0.2) is 13.2 Å². The molecule has 1 aromatic carbocycles. The Morgan fingerprint density at radius 2 is 1.96 bits per heavy atom. The van der Waals surface area contributed by atoms with E-state index in [0.717, 1.165) is 5.56 Å². The van der Waals surface area contributed by atoms with Gasteiger partial charge in [-0.3, -0.25) is 9.10 Å². The largest absolute Gasteiger partial charge is 0.475 e. The van der Waals surface area contributed by atoms with Crippen molar-refractivity contribution in [3.05, 3.63) is 53.5 Å². The number of carboxylic acid groups (broad SMARTS) is 1. The summed E-state index contributed by atoms with van der Waals surface area (Å²) in [4.78, 5) is 22.7. The predicted octanol–water partition coefficient (Wildman–Crippen LogP) is 1.45. The zero-order valence-electron chi connectivity index (χ0n) is 13.1. The Labute approximate surface area is 144 Å². The minimum Gasteiger partial charge on any atom is -0.475 e. The third-order valence-electron chi connectivity index (χ3n) is 3.79. The average molecular weight is 364 g/mol. The number of furan rings is 1. The Balaban J connectivity index is 1.68. The van der Waals surface area contributed by atoms with E-state index in [2.05, 4.69) is 5.32 Å². The van der Waals surface area contributed by atoms with Crippen LogP contribution in [0.1, 0.15) is 33.1 Å². The van der Waals surface area contributed by atoms with Gasteiger partial charge in [-0.2, -0.15) is 0 Å². The van der Waals surface area contributed by atoms with Gasteiger partial charge in [-0.15, -0.1) is 0 Å². The SMILES string of the molecule is O=C(O)c1ccc(C(=O)NCc2cccc(N3CCCS3(=O)=O)c2)o1. The summed E-state index contributed by atoms with van der Waals surface area (Å²) in [6.45, 7) is 0.603. The van der Waals surface area contributed by atoms with Crippen LogP contribution in [-0.4, -0.2) is 37.7 Å². The van der Waals surface area contributed by atoms with E-state index in [-0.39, 0.29) is 23.8 Å². The van der Waals surface area contributed by atoms with Crippen molar-refractivity contribution in [2.75, 3.05) is 16.6 Å². The number of nitrogens with zero attached hydrogens (tertiary/aromatic N) is 1. The molecule has 2 aromatic rings. The first-order valence-electron chi connectivity index (χ1n) is 7.57. The van der Waals surface area contributed by atoms with Crippen LogP contribution in [0.2, 0.25) is 0 Å². The molecule has 0 bridgehead atoms. The molecular formula is C16H16N2O6S. The lowest BCUT2D eigenvalue weighted by atomic mass is 10.2. The van der Waals surface area contributed by atoms with Gasteiger partial charge in [0.25, 0.3) is 5.91 Å². The highest BCUT2D eigenvalue weighted by molar-refractivity contribution is 7.93. The van der Waals surface area contributed by atoms with E-state index in [4.69, 9.17) is 9.52 Å². The number of hydrogen-bond donors (Lipinski definition) is 2. The Morgan fingerprint density at radius 1 is 1.20 bits per heavy atom. The standard InChI is InChI=1S/C16H16N2O6S/c19-15(13-5-6-14(24-13)16(20)21)17-10-11-3-1-4-12(9-11)18-7-2-8-25(18,22)23/h1,3-6,9H,2,7-8,10H2,(H,17,19)(H,20,21). The summed E-state index contributed by atoms with van der Waals surface area (Å²) in [5, 5.41) is 11.4. The summed E-state index contributed by atoms with van der Waals surface area (Å²) < 4.78 is 30.2. The molecule has 132 valence electrons. The molecule has 0 aliphatic carbocycles. The number of nitrogens with one attached hydrogen (secondary N) is 1. The number of carboxylic acids is 1. The molecule has 0 saturated carbocycles. The van der Waals surface area contributed by atoms with E-state index in [1.807, 2.05) is 0 Å². The number of amides is 1. The molecule has 1 aliphatic rings. The molecule has 1 amide bonds. The van der Waals surface area contributed by atoms with Crippen LogP contribution in [0, 0.1) is 0 Å². The first-order valence-corrected chi connectivity index (χ1v) is 9.18.